The molecule has 0 aliphatic heterocycles. The predicted octanol–water partition coefficient (Wildman–Crippen LogP) is 2.16. The van der Waals surface area contributed by atoms with Crippen molar-refractivity contribution >= 4 is 9.12 Å². The van der Waals surface area contributed by atoms with Gasteiger partial charge in [0.25, 0.3) is 0 Å². The molecule has 1 aromatic carbocycles. The van der Waals surface area contributed by atoms with Gasteiger partial charge in [0.1, 0.15) is 9.12 Å². The first kappa shape index (κ1) is 7.32. The van der Waals surface area contributed by atoms with Gasteiger partial charge in [-0.25, -0.2) is 0 Å². The van der Waals surface area contributed by atoms with E-state index in [-0.39, 0.29) is 0 Å². The lowest BCUT2D eigenvalue weighted by Gasteiger charge is -1.69. The Hall–Kier alpha value is -0.680. The number of hydrogen-bond acceptors (Lipinski definition) is 1. The zero-order valence-corrected chi connectivity index (χ0v) is 5.37. The van der Waals surface area contributed by atoms with Crippen molar-refractivity contribution in [1.29, 1.82) is 0 Å². The van der Waals surface area contributed by atoms with Gasteiger partial charge in [0.05, 0.1) is 0 Å². The van der Waals surface area contributed by atoms with Crippen LogP contribution in [0.3, 0.4) is 0 Å². The molecule has 0 N–H and O–H groups in total. The summed E-state index contributed by atoms with van der Waals surface area (Å²) in [6.45, 7) is 0. The van der Waals surface area contributed by atoms with Crippen molar-refractivity contribution in [3.8, 4) is 0 Å². The molecular weight excluding hydrogens is 119 g/mol. The zero-order valence-electron chi connectivity index (χ0n) is 4.37. The summed E-state index contributed by atoms with van der Waals surface area (Å²) in [5, 5.41) is 0. The normalized spacial score (nSPS) is 6.50. The predicted molar refractivity (Wildman–Crippen MR) is 35.4 cm³/mol. The molecule has 1 aromatic rings. The highest BCUT2D eigenvalue weighted by molar-refractivity contribution is 7.00. The molecule has 0 bridgehead atoms. The molecule has 0 amide bonds. The maximum atomic E-state index is 8.06. The minimum Gasteiger partial charge on any atom is -0.279 e. The summed E-state index contributed by atoms with van der Waals surface area (Å²) in [6, 6.07) is 12.0. The second-order valence-corrected chi connectivity index (χ2v) is 1.15. The fourth-order valence-electron chi connectivity index (χ4n) is 0.385. The van der Waals surface area contributed by atoms with Crippen LogP contribution in [-0.4, -0.2) is 0 Å². The Bertz CT molecular complexity index is 91.4. The molecule has 0 spiro atoms. The van der Waals surface area contributed by atoms with Gasteiger partial charge in [-0.2, -0.15) is 0 Å². The third-order valence-electron chi connectivity index (χ3n) is 0.667. The van der Waals surface area contributed by atoms with Crippen LogP contribution in [0.15, 0.2) is 36.4 Å². The van der Waals surface area contributed by atoms with E-state index in [2.05, 4.69) is 0 Å². The molecule has 0 atom stereocenters. The van der Waals surface area contributed by atoms with Crippen molar-refractivity contribution in [3.05, 3.63) is 36.4 Å². The summed E-state index contributed by atoms with van der Waals surface area (Å²) in [5.41, 5.74) is 0. The standard InChI is InChI=1S/C6H6.HOP/c1-2-4-6-5-3-1;1-2/h1-6H;2H. The van der Waals surface area contributed by atoms with Crippen LogP contribution in [0.4, 0.5) is 0 Å². The van der Waals surface area contributed by atoms with E-state index >= 15 is 0 Å². The smallest absolute Gasteiger partial charge is 0.138 e. The Morgan fingerprint density at radius 1 is 0.625 bits per heavy atom. The molecule has 2 heteroatoms. The fourth-order valence-corrected chi connectivity index (χ4v) is 0.385. The van der Waals surface area contributed by atoms with E-state index in [0.29, 0.717) is 0 Å². The van der Waals surface area contributed by atoms with Gasteiger partial charge in [-0.05, 0) is 0 Å². The summed E-state index contributed by atoms with van der Waals surface area (Å²) in [4.78, 5) is 0. The Balaban J connectivity index is 0.000000222. The molecule has 1 rings (SSSR count). The fraction of sp³-hybridized carbons (Fsp3) is 0. The SMILES string of the molecule is O=P.c1ccccc1. The minimum atomic E-state index is 1.72. The van der Waals surface area contributed by atoms with Crippen LogP contribution in [0.1, 0.15) is 0 Å². The van der Waals surface area contributed by atoms with Crippen LogP contribution in [0.2, 0.25) is 0 Å². The number of benzene rings is 1. The Morgan fingerprint density at radius 3 is 0.875 bits per heavy atom. The molecule has 8 heavy (non-hydrogen) atoms. The summed E-state index contributed by atoms with van der Waals surface area (Å²) >= 11 is 0. The third kappa shape index (κ3) is 3.51. The van der Waals surface area contributed by atoms with Gasteiger partial charge in [0.2, 0.25) is 0 Å². The first-order valence-corrected chi connectivity index (χ1v) is 2.61. The van der Waals surface area contributed by atoms with E-state index in [1.807, 2.05) is 36.4 Å². The van der Waals surface area contributed by atoms with E-state index in [1.54, 1.807) is 9.12 Å². The molecule has 42 valence electrons. The Morgan fingerprint density at radius 2 is 0.750 bits per heavy atom. The van der Waals surface area contributed by atoms with Crippen LogP contribution in [0.5, 0.6) is 0 Å². The highest BCUT2D eigenvalue weighted by Crippen LogP contribution is 1.79. The topological polar surface area (TPSA) is 17.1 Å². The third-order valence-corrected chi connectivity index (χ3v) is 0.667. The molecule has 0 aromatic heterocycles. The molecule has 0 saturated carbocycles. The minimum absolute atomic E-state index is 1.72. The van der Waals surface area contributed by atoms with E-state index in [4.69, 9.17) is 4.57 Å². The molecule has 1 nitrogen and oxygen atoms in total. The van der Waals surface area contributed by atoms with Crippen LogP contribution < -0.4 is 0 Å². The molecule has 0 unspecified atom stereocenters. The second kappa shape index (κ2) is 6.32. The molecule has 0 aliphatic rings. The van der Waals surface area contributed by atoms with Crippen molar-refractivity contribution in [2.75, 3.05) is 0 Å². The Labute approximate surface area is 51.0 Å². The van der Waals surface area contributed by atoms with Gasteiger partial charge in [-0.15, -0.1) is 0 Å². The number of rotatable bonds is 0. The lowest BCUT2D eigenvalue weighted by Crippen LogP contribution is -1.47. The second-order valence-electron chi connectivity index (χ2n) is 1.15. The monoisotopic (exact) mass is 126 g/mol. The maximum Gasteiger partial charge on any atom is 0.138 e. The first-order valence-electron chi connectivity index (χ1n) is 2.20. The summed E-state index contributed by atoms with van der Waals surface area (Å²) in [7, 11) is 1.72. The van der Waals surface area contributed by atoms with Gasteiger partial charge in [-0.3, -0.25) is 4.57 Å². The maximum absolute atomic E-state index is 8.06. The zero-order chi connectivity index (χ0) is 6.24. The lowest BCUT2D eigenvalue weighted by atomic mass is 10.4. The van der Waals surface area contributed by atoms with E-state index in [9.17, 15) is 0 Å². The van der Waals surface area contributed by atoms with Crippen molar-refractivity contribution in [2.45, 2.75) is 0 Å². The van der Waals surface area contributed by atoms with Gasteiger partial charge < -0.3 is 0 Å². The van der Waals surface area contributed by atoms with Gasteiger partial charge in [0, 0.05) is 0 Å². The number of hydrogen-bond donors (Lipinski definition) is 0. The highest BCUT2D eigenvalue weighted by Gasteiger charge is 1.57. The summed E-state index contributed by atoms with van der Waals surface area (Å²) in [5.74, 6) is 0. The van der Waals surface area contributed by atoms with Crippen LogP contribution in [-0.2, 0) is 4.57 Å². The highest BCUT2D eigenvalue weighted by atomic mass is 31.0. The molecule has 0 radical (unpaired) electrons. The van der Waals surface area contributed by atoms with Crippen LogP contribution >= 0.6 is 9.12 Å². The van der Waals surface area contributed by atoms with Crippen molar-refractivity contribution in [1.82, 2.24) is 0 Å². The van der Waals surface area contributed by atoms with Gasteiger partial charge in [0.15, 0.2) is 0 Å². The summed E-state index contributed by atoms with van der Waals surface area (Å²) < 4.78 is 8.06. The molecule has 0 heterocycles. The molecule has 0 aliphatic carbocycles. The molecule has 0 fully saturated rings. The first-order chi connectivity index (χ1) is 4.00. The van der Waals surface area contributed by atoms with E-state index in [1.165, 1.54) is 0 Å². The average molecular weight is 126 g/mol. The molecule has 0 saturated heterocycles. The van der Waals surface area contributed by atoms with Crippen molar-refractivity contribution in [2.24, 2.45) is 0 Å². The van der Waals surface area contributed by atoms with Crippen molar-refractivity contribution in [3.63, 3.8) is 0 Å². The lowest BCUT2D eigenvalue weighted by molar-refractivity contribution is 0.607. The van der Waals surface area contributed by atoms with E-state index in [0.717, 1.165) is 0 Å². The van der Waals surface area contributed by atoms with E-state index < -0.39 is 0 Å². The average Bonchev–Trinajstić information content (AvgIpc) is 1.96. The molecular formula is C6H7OP. The Kier molecular flexibility index (Phi) is 5.78. The quantitative estimate of drug-likeness (QED) is 0.487. The largest absolute Gasteiger partial charge is 0.279 e. The summed E-state index contributed by atoms with van der Waals surface area (Å²) in [6.07, 6.45) is 0. The van der Waals surface area contributed by atoms with Crippen LogP contribution in [0.25, 0.3) is 0 Å². The van der Waals surface area contributed by atoms with Gasteiger partial charge in [-0.1, -0.05) is 36.4 Å². The van der Waals surface area contributed by atoms with Gasteiger partial charge >= 0.3 is 0 Å². The van der Waals surface area contributed by atoms with Crippen molar-refractivity contribution < 1.29 is 4.57 Å². The van der Waals surface area contributed by atoms with Crippen LogP contribution in [0, 0.1) is 0 Å².